The molecule has 1 aromatic heterocycles. The van der Waals surface area contributed by atoms with Gasteiger partial charge in [0.2, 0.25) is 10.0 Å². The summed E-state index contributed by atoms with van der Waals surface area (Å²) in [7, 11) is -3.19. The number of fused-ring (bicyclic) bond motifs is 1. The topological polar surface area (TPSA) is 70.8 Å². The minimum atomic E-state index is -3.19. The van der Waals surface area contributed by atoms with Crippen LogP contribution < -0.4 is 0 Å². The Bertz CT molecular complexity index is 637. The zero-order valence-electron chi connectivity index (χ0n) is 11.6. The van der Waals surface area contributed by atoms with Gasteiger partial charge in [-0.05, 0) is 25.8 Å². The maximum absolute atomic E-state index is 12.5. The highest BCUT2D eigenvalue weighted by atomic mass is 32.2. The molecule has 2 aliphatic heterocycles. The monoisotopic (exact) mass is 298 g/mol. The predicted molar refractivity (Wildman–Crippen MR) is 72.8 cm³/mol. The van der Waals surface area contributed by atoms with Gasteiger partial charge in [-0.1, -0.05) is 0 Å². The SMILES string of the molecule is Cc1occc1C(=O)N1CC[C@H]2[C@H]1CCN2S(C)(=O)=O. The molecular formula is C13H18N2O4S. The zero-order valence-corrected chi connectivity index (χ0v) is 12.4. The summed E-state index contributed by atoms with van der Waals surface area (Å²) in [4.78, 5) is 14.3. The number of hydrogen-bond donors (Lipinski definition) is 0. The van der Waals surface area contributed by atoms with Gasteiger partial charge < -0.3 is 9.32 Å². The normalized spacial score (nSPS) is 27.0. The zero-order chi connectivity index (χ0) is 14.5. The van der Waals surface area contributed by atoms with Gasteiger partial charge in [0, 0.05) is 25.2 Å². The quantitative estimate of drug-likeness (QED) is 0.811. The molecule has 3 heterocycles. The highest BCUT2D eigenvalue weighted by molar-refractivity contribution is 7.88. The number of likely N-dealkylation sites (tertiary alicyclic amines) is 1. The molecule has 7 heteroatoms. The number of aryl methyl sites for hydroxylation is 1. The molecule has 0 saturated carbocycles. The van der Waals surface area contributed by atoms with E-state index in [9.17, 15) is 13.2 Å². The fraction of sp³-hybridized carbons (Fsp3) is 0.615. The summed E-state index contributed by atoms with van der Waals surface area (Å²) < 4.78 is 30.2. The molecule has 2 aliphatic rings. The summed E-state index contributed by atoms with van der Waals surface area (Å²) in [6.45, 7) is 2.87. The summed E-state index contributed by atoms with van der Waals surface area (Å²) in [5, 5.41) is 0. The van der Waals surface area contributed by atoms with Gasteiger partial charge in [0.1, 0.15) is 5.76 Å². The maximum atomic E-state index is 12.5. The second kappa shape index (κ2) is 4.60. The van der Waals surface area contributed by atoms with E-state index in [0.717, 1.165) is 0 Å². The molecule has 3 rings (SSSR count). The largest absolute Gasteiger partial charge is 0.469 e. The van der Waals surface area contributed by atoms with Gasteiger partial charge in [-0.25, -0.2) is 8.42 Å². The number of rotatable bonds is 2. The van der Waals surface area contributed by atoms with Crippen LogP contribution in [0.1, 0.15) is 29.0 Å². The van der Waals surface area contributed by atoms with Crippen molar-refractivity contribution in [1.29, 1.82) is 0 Å². The standard InChI is InChI=1S/C13H18N2O4S/c1-9-10(5-8-19-9)13(16)14-6-3-12-11(14)4-7-15(12)20(2,17)18/h5,8,11-12H,3-4,6-7H2,1-2H3/t11-,12+/m1/s1. The average molecular weight is 298 g/mol. The van der Waals surface area contributed by atoms with E-state index in [1.807, 2.05) is 0 Å². The summed E-state index contributed by atoms with van der Waals surface area (Å²) in [5.74, 6) is 0.551. The van der Waals surface area contributed by atoms with Crippen LogP contribution in [0.4, 0.5) is 0 Å². The van der Waals surface area contributed by atoms with Crippen molar-refractivity contribution in [3.63, 3.8) is 0 Å². The second-order valence-corrected chi connectivity index (χ2v) is 7.41. The minimum absolute atomic E-state index is 0.00785. The third-order valence-electron chi connectivity index (χ3n) is 4.30. The molecule has 0 aliphatic carbocycles. The maximum Gasteiger partial charge on any atom is 0.257 e. The van der Waals surface area contributed by atoms with E-state index >= 15 is 0 Å². The summed E-state index contributed by atoms with van der Waals surface area (Å²) in [5.41, 5.74) is 0.573. The molecule has 6 nitrogen and oxygen atoms in total. The third kappa shape index (κ3) is 2.05. The molecule has 1 amide bonds. The van der Waals surface area contributed by atoms with Gasteiger partial charge in [-0.2, -0.15) is 4.31 Å². The van der Waals surface area contributed by atoms with Crippen molar-refractivity contribution < 1.29 is 17.6 Å². The van der Waals surface area contributed by atoms with E-state index < -0.39 is 10.0 Å². The van der Waals surface area contributed by atoms with Gasteiger partial charge in [0.15, 0.2) is 0 Å². The number of carbonyl (C=O) groups excluding carboxylic acids is 1. The Labute approximate surface area is 118 Å². The van der Waals surface area contributed by atoms with Crippen LogP contribution in [0.3, 0.4) is 0 Å². The molecule has 2 saturated heterocycles. The van der Waals surface area contributed by atoms with Crippen molar-refractivity contribution in [2.45, 2.75) is 31.8 Å². The van der Waals surface area contributed by atoms with Crippen LogP contribution in [0.2, 0.25) is 0 Å². The first-order valence-corrected chi connectivity index (χ1v) is 8.56. The second-order valence-electron chi connectivity index (χ2n) is 5.47. The third-order valence-corrected chi connectivity index (χ3v) is 5.61. The van der Waals surface area contributed by atoms with Crippen LogP contribution in [-0.2, 0) is 10.0 Å². The van der Waals surface area contributed by atoms with Gasteiger partial charge in [0.05, 0.1) is 18.1 Å². The van der Waals surface area contributed by atoms with Crippen molar-refractivity contribution in [1.82, 2.24) is 9.21 Å². The number of nitrogens with zero attached hydrogens (tertiary/aromatic N) is 2. The number of furan rings is 1. The molecule has 0 radical (unpaired) electrons. The Morgan fingerprint density at radius 1 is 1.30 bits per heavy atom. The van der Waals surface area contributed by atoms with Crippen LogP contribution >= 0.6 is 0 Å². The van der Waals surface area contributed by atoms with Crippen LogP contribution in [0.5, 0.6) is 0 Å². The Balaban J connectivity index is 1.83. The molecule has 0 N–H and O–H groups in total. The van der Waals surface area contributed by atoms with Crippen LogP contribution in [-0.4, -0.2) is 55.0 Å². The first kappa shape index (κ1) is 13.6. The molecule has 0 aromatic carbocycles. The van der Waals surface area contributed by atoms with Gasteiger partial charge >= 0.3 is 0 Å². The number of sulfonamides is 1. The van der Waals surface area contributed by atoms with E-state index in [2.05, 4.69) is 0 Å². The van der Waals surface area contributed by atoms with E-state index in [0.29, 0.717) is 37.3 Å². The molecule has 1 aromatic rings. The first-order chi connectivity index (χ1) is 9.39. The molecule has 0 bridgehead atoms. The molecule has 2 atom stereocenters. The lowest BCUT2D eigenvalue weighted by atomic mass is 10.1. The number of hydrogen-bond acceptors (Lipinski definition) is 4. The minimum Gasteiger partial charge on any atom is -0.469 e. The summed E-state index contributed by atoms with van der Waals surface area (Å²) in [6.07, 6.45) is 4.16. The summed E-state index contributed by atoms with van der Waals surface area (Å²) in [6, 6.07) is 1.60. The van der Waals surface area contributed by atoms with Crippen LogP contribution in [0.15, 0.2) is 16.7 Å². The lowest BCUT2D eigenvalue weighted by Gasteiger charge is -2.24. The predicted octanol–water partition coefficient (Wildman–Crippen LogP) is 0.836. The molecule has 0 unspecified atom stereocenters. The van der Waals surface area contributed by atoms with Gasteiger partial charge in [-0.3, -0.25) is 4.79 Å². The lowest BCUT2D eigenvalue weighted by molar-refractivity contribution is 0.0733. The summed E-state index contributed by atoms with van der Waals surface area (Å²) >= 11 is 0. The van der Waals surface area contributed by atoms with Gasteiger partial charge in [-0.15, -0.1) is 0 Å². The van der Waals surface area contributed by atoms with E-state index in [1.165, 1.54) is 16.8 Å². The molecular weight excluding hydrogens is 280 g/mol. The van der Waals surface area contributed by atoms with Crippen molar-refractivity contribution in [3.05, 3.63) is 23.7 Å². The van der Waals surface area contributed by atoms with Gasteiger partial charge in [0.25, 0.3) is 5.91 Å². The average Bonchev–Trinajstić information content (AvgIpc) is 3.00. The molecule has 110 valence electrons. The van der Waals surface area contributed by atoms with E-state index in [4.69, 9.17) is 4.42 Å². The lowest BCUT2D eigenvalue weighted by Crippen LogP contribution is -2.41. The van der Waals surface area contributed by atoms with E-state index in [1.54, 1.807) is 17.9 Å². The van der Waals surface area contributed by atoms with Crippen LogP contribution in [0.25, 0.3) is 0 Å². The highest BCUT2D eigenvalue weighted by Gasteiger charge is 2.47. The number of carbonyl (C=O) groups is 1. The Kier molecular flexibility index (Phi) is 3.13. The highest BCUT2D eigenvalue weighted by Crippen LogP contribution is 2.34. The fourth-order valence-corrected chi connectivity index (χ4v) is 4.55. The smallest absolute Gasteiger partial charge is 0.257 e. The molecule has 2 fully saturated rings. The molecule has 0 spiro atoms. The number of amides is 1. The van der Waals surface area contributed by atoms with Crippen molar-refractivity contribution in [2.24, 2.45) is 0 Å². The Morgan fingerprint density at radius 2 is 2.00 bits per heavy atom. The van der Waals surface area contributed by atoms with Crippen molar-refractivity contribution in [3.8, 4) is 0 Å². The first-order valence-electron chi connectivity index (χ1n) is 6.71. The van der Waals surface area contributed by atoms with E-state index in [-0.39, 0.29) is 18.0 Å². The Morgan fingerprint density at radius 3 is 2.60 bits per heavy atom. The fourth-order valence-electron chi connectivity index (χ4n) is 3.37. The Hall–Kier alpha value is -1.34. The van der Waals surface area contributed by atoms with Crippen LogP contribution in [0, 0.1) is 6.92 Å². The van der Waals surface area contributed by atoms with Crippen molar-refractivity contribution >= 4 is 15.9 Å². The molecule has 20 heavy (non-hydrogen) atoms. The van der Waals surface area contributed by atoms with Crippen molar-refractivity contribution in [2.75, 3.05) is 19.3 Å².